The summed E-state index contributed by atoms with van der Waals surface area (Å²) in [7, 11) is 3.26. The van der Waals surface area contributed by atoms with Crippen molar-refractivity contribution in [3.8, 4) is 11.5 Å². The molecule has 4 rings (SSSR count). The van der Waals surface area contributed by atoms with Crippen LogP contribution in [-0.4, -0.2) is 29.7 Å². The Bertz CT molecular complexity index is 1240. The normalized spacial score (nSPS) is 10.8. The molecule has 1 N–H and O–H groups in total. The minimum atomic E-state index is -0.179. The van der Waals surface area contributed by atoms with Crippen molar-refractivity contribution in [2.45, 2.75) is 20.4 Å². The van der Waals surface area contributed by atoms with Crippen LogP contribution in [0.25, 0.3) is 11.0 Å². The van der Waals surface area contributed by atoms with Gasteiger partial charge in [-0.1, -0.05) is 18.2 Å². The summed E-state index contributed by atoms with van der Waals surface area (Å²) in [6.45, 7) is 4.51. The molecule has 31 heavy (non-hydrogen) atoms. The van der Waals surface area contributed by atoms with Gasteiger partial charge in [-0.2, -0.15) is 0 Å². The van der Waals surface area contributed by atoms with E-state index < -0.39 is 0 Å². The number of hydrogen-bond acceptors (Lipinski definition) is 4. The smallest absolute Gasteiger partial charge is 0.259 e. The first kappa shape index (κ1) is 20.5. The van der Waals surface area contributed by atoms with Crippen LogP contribution >= 0.6 is 0 Å². The van der Waals surface area contributed by atoms with Crippen molar-refractivity contribution in [3.05, 3.63) is 83.2 Å². The van der Waals surface area contributed by atoms with Gasteiger partial charge in [0, 0.05) is 29.7 Å². The molecule has 0 aliphatic carbocycles. The van der Waals surface area contributed by atoms with Gasteiger partial charge >= 0.3 is 0 Å². The van der Waals surface area contributed by atoms with Crippen molar-refractivity contribution in [2.75, 3.05) is 19.5 Å². The number of rotatable bonds is 6. The molecule has 0 fully saturated rings. The lowest BCUT2D eigenvalue weighted by molar-refractivity contribution is 0.102. The number of ether oxygens (including phenoxy) is 2. The van der Waals surface area contributed by atoms with Crippen molar-refractivity contribution >= 4 is 22.6 Å². The molecule has 6 nitrogen and oxygen atoms in total. The molecule has 4 aromatic rings. The molecule has 2 aromatic carbocycles. The largest absolute Gasteiger partial charge is 0.497 e. The van der Waals surface area contributed by atoms with E-state index in [0.717, 1.165) is 39.4 Å². The zero-order valence-electron chi connectivity index (χ0n) is 18.1. The predicted molar refractivity (Wildman–Crippen MR) is 122 cm³/mol. The highest BCUT2D eigenvalue weighted by Crippen LogP contribution is 2.28. The van der Waals surface area contributed by atoms with Crippen molar-refractivity contribution in [3.63, 3.8) is 0 Å². The second kappa shape index (κ2) is 8.52. The van der Waals surface area contributed by atoms with Crippen molar-refractivity contribution in [2.24, 2.45) is 0 Å². The summed E-state index contributed by atoms with van der Waals surface area (Å²) in [5.41, 5.74) is 5.93. The Kier molecular flexibility index (Phi) is 5.62. The summed E-state index contributed by atoms with van der Waals surface area (Å²) in [5.74, 6) is 1.28. The summed E-state index contributed by atoms with van der Waals surface area (Å²) in [4.78, 5) is 17.7. The van der Waals surface area contributed by atoms with Gasteiger partial charge in [0.25, 0.3) is 5.91 Å². The Balaban J connectivity index is 1.72. The average Bonchev–Trinajstić information content (AvgIpc) is 3.15. The zero-order chi connectivity index (χ0) is 22.0. The van der Waals surface area contributed by atoms with Gasteiger partial charge in [0.1, 0.15) is 17.0 Å². The number of aryl methyl sites for hydroxylation is 2. The number of pyridine rings is 1. The number of fused-ring (bicyclic) bond motifs is 1. The Hall–Kier alpha value is -3.80. The summed E-state index contributed by atoms with van der Waals surface area (Å²) < 4.78 is 12.9. The maximum absolute atomic E-state index is 13.2. The molecule has 0 saturated heterocycles. The van der Waals surface area contributed by atoms with Gasteiger partial charge < -0.3 is 19.4 Å². The van der Waals surface area contributed by atoms with Gasteiger partial charge in [-0.3, -0.25) is 9.78 Å². The number of carbonyl (C=O) groups is 1. The third-order valence-electron chi connectivity index (χ3n) is 5.44. The van der Waals surface area contributed by atoms with Crippen LogP contribution < -0.4 is 14.8 Å². The van der Waals surface area contributed by atoms with E-state index in [0.29, 0.717) is 17.6 Å². The molecule has 2 heterocycles. The molecule has 6 heteroatoms. The minimum Gasteiger partial charge on any atom is -0.497 e. The van der Waals surface area contributed by atoms with Gasteiger partial charge in [0.05, 0.1) is 31.8 Å². The summed E-state index contributed by atoms with van der Waals surface area (Å²) in [6, 6.07) is 15.5. The lowest BCUT2D eigenvalue weighted by atomic mass is 10.1. The van der Waals surface area contributed by atoms with Crippen LogP contribution in [-0.2, 0) is 6.54 Å². The van der Waals surface area contributed by atoms with Crippen LogP contribution in [0.1, 0.15) is 27.0 Å². The highest BCUT2D eigenvalue weighted by Gasteiger charge is 2.18. The van der Waals surface area contributed by atoms with E-state index in [1.54, 1.807) is 20.4 Å². The Morgan fingerprint density at radius 3 is 2.52 bits per heavy atom. The summed E-state index contributed by atoms with van der Waals surface area (Å²) >= 11 is 0. The fourth-order valence-corrected chi connectivity index (χ4v) is 3.78. The molecule has 2 aromatic heterocycles. The van der Waals surface area contributed by atoms with Crippen LogP contribution in [0.3, 0.4) is 0 Å². The Morgan fingerprint density at radius 1 is 1.03 bits per heavy atom. The van der Waals surface area contributed by atoms with Crippen molar-refractivity contribution in [1.82, 2.24) is 9.55 Å². The number of hydrogen-bond donors (Lipinski definition) is 1. The third-order valence-corrected chi connectivity index (χ3v) is 5.44. The lowest BCUT2D eigenvalue weighted by Crippen LogP contribution is -2.13. The van der Waals surface area contributed by atoms with Crippen molar-refractivity contribution in [1.29, 1.82) is 0 Å². The average molecular weight is 415 g/mol. The van der Waals surface area contributed by atoms with E-state index in [1.807, 2.05) is 73.1 Å². The maximum Gasteiger partial charge on any atom is 0.259 e. The van der Waals surface area contributed by atoms with E-state index in [2.05, 4.69) is 10.3 Å². The number of nitrogens with zero attached hydrogens (tertiary/aromatic N) is 2. The van der Waals surface area contributed by atoms with Crippen LogP contribution in [0, 0.1) is 13.8 Å². The highest BCUT2D eigenvalue weighted by molar-refractivity contribution is 6.12. The standard InChI is InChI=1S/C25H25N3O3/c1-16-7-5-8-17(2)23(16)27-25(29)20-15-28(21-9-6-12-26-24(20)21)14-18-10-11-19(30-3)13-22(18)31-4/h5-13,15H,14H2,1-4H3,(H,27,29). The van der Waals surface area contributed by atoms with Gasteiger partial charge in [-0.05, 0) is 49.2 Å². The Morgan fingerprint density at radius 2 is 1.81 bits per heavy atom. The molecule has 0 atom stereocenters. The number of nitrogens with one attached hydrogen (secondary N) is 1. The fourth-order valence-electron chi connectivity index (χ4n) is 3.78. The molecule has 0 aliphatic heterocycles. The van der Waals surface area contributed by atoms with E-state index in [9.17, 15) is 4.79 Å². The van der Waals surface area contributed by atoms with Crippen LogP contribution in [0.5, 0.6) is 11.5 Å². The monoisotopic (exact) mass is 415 g/mol. The number of anilines is 1. The molecule has 0 saturated carbocycles. The molecule has 0 aliphatic rings. The van der Waals surface area contributed by atoms with E-state index in [4.69, 9.17) is 9.47 Å². The quantitative estimate of drug-likeness (QED) is 0.483. The zero-order valence-corrected chi connectivity index (χ0v) is 18.1. The van der Waals surface area contributed by atoms with Gasteiger partial charge in [0.2, 0.25) is 0 Å². The molecule has 0 bridgehead atoms. The minimum absolute atomic E-state index is 0.179. The van der Waals surface area contributed by atoms with E-state index in [1.165, 1.54) is 0 Å². The van der Waals surface area contributed by atoms with Gasteiger partial charge in [-0.25, -0.2) is 0 Å². The SMILES string of the molecule is COc1ccc(Cn2cc(C(=O)Nc3c(C)cccc3C)c3ncccc32)c(OC)c1. The Labute approximate surface area is 181 Å². The number of aromatic nitrogens is 2. The molecular formula is C25H25N3O3. The number of amides is 1. The fraction of sp³-hybridized carbons (Fsp3) is 0.200. The number of carbonyl (C=O) groups excluding carboxylic acids is 1. The molecule has 0 unspecified atom stereocenters. The van der Waals surface area contributed by atoms with Crippen LogP contribution in [0.2, 0.25) is 0 Å². The van der Waals surface area contributed by atoms with Crippen LogP contribution in [0.15, 0.2) is 60.9 Å². The van der Waals surface area contributed by atoms with Gasteiger partial charge in [0.15, 0.2) is 0 Å². The predicted octanol–water partition coefficient (Wildman–Crippen LogP) is 4.97. The first-order valence-electron chi connectivity index (χ1n) is 10.0. The number of benzene rings is 2. The second-order valence-electron chi connectivity index (χ2n) is 7.44. The molecule has 0 radical (unpaired) electrons. The first-order valence-corrected chi connectivity index (χ1v) is 10.0. The first-order chi connectivity index (χ1) is 15.0. The molecular weight excluding hydrogens is 390 g/mol. The van der Waals surface area contributed by atoms with Crippen molar-refractivity contribution < 1.29 is 14.3 Å². The van der Waals surface area contributed by atoms with E-state index in [-0.39, 0.29) is 5.91 Å². The van der Waals surface area contributed by atoms with Gasteiger partial charge in [-0.15, -0.1) is 0 Å². The highest BCUT2D eigenvalue weighted by atomic mass is 16.5. The number of methoxy groups -OCH3 is 2. The third kappa shape index (κ3) is 3.97. The maximum atomic E-state index is 13.2. The molecule has 0 spiro atoms. The molecule has 1 amide bonds. The second-order valence-corrected chi connectivity index (χ2v) is 7.44. The van der Waals surface area contributed by atoms with E-state index >= 15 is 0 Å². The topological polar surface area (TPSA) is 65.4 Å². The number of para-hydroxylation sites is 1. The lowest BCUT2D eigenvalue weighted by Gasteiger charge is -2.12. The molecule has 158 valence electrons. The summed E-state index contributed by atoms with van der Waals surface area (Å²) in [5, 5.41) is 3.07. The summed E-state index contributed by atoms with van der Waals surface area (Å²) in [6.07, 6.45) is 3.56. The van der Waals surface area contributed by atoms with Crippen LogP contribution in [0.4, 0.5) is 5.69 Å².